The lowest BCUT2D eigenvalue weighted by Crippen LogP contribution is -2.30. The lowest BCUT2D eigenvalue weighted by Gasteiger charge is -2.23. The molecule has 0 aliphatic rings. The van der Waals surface area contributed by atoms with Gasteiger partial charge in [0, 0.05) is 18.0 Å². The van der Waals surface area contributed by atoms with Crippen molar-refractivity contribution < 1.29 is 5.11 Å². The molecule has 0 radical (unpaired) electrons. The molecule has 3 unspecified atom stereocenters. The van der Waals surface area contributed by atoms with E-state index in [1.165, 1.54) is 0 Å². The predicted molar refractivity (Wildman–Crippen MR) is 62.8 cm³/mol. The summed E-state index contributed by atoms with van der Waals surface area (Å²) in [6.45, 7) is 3.94. The van der Waals surface area contributed by atoms with Gasteiger partial charge in [0.2, 0.25) is 0 Å². The van der Waals surface area contributed by atoms with E-state index in [0.29, 0.717) is 0 Å². The molecular formula is C12H20N2O. The minimum Gasteiger partial charge on any atom is -0.508 e. The van der Waals surface area contributed by atoms with Gasteiger partial charge in [-0.15, -0.1) is 0 Å². The smallest absolute Gasteiger partial charge is 0.115 e. The van der Waals surface area contributed by atoms with E-state index in [1.807, 2.05) is 26.0 Å². The Morgan fingerprint density at radius 3 is 2.40 bits per heavy atom. The van der Waals surface area contributed by atoms with Crippen molar-refractivity contribution in [2.75, 3.05) is 0 Å². The van der Waals surface area contributed by atoms with E-state index < -0.39 is 0 Å². The van der Waals surface area contributed by atoms with E-state index in [4.69, 9.17) is 11.5 Å². The molecular weight excluding hydrogens is 188 g/mol. The van der Waals surface area contributed by atoms with Crippen molar-refractivity contribution in [1.29, 1.82) is 0 Å². The highest BCUT2D eigenvalue weighted by Gasteiger charge is 2.17. The Morgan fingerprint density at radius 2 is 1.93 bits per heavy atom. The number of rotatable bonds is 4. The van der Waals surface area contributed by atoms with Crippen LogP contribution in [0.25, 0.3) is 0 Å². The summed E-state index contributed by atoms with van der Waals surface area (Å²) in [5, 5.41) is 9.41. The molecule has 0 aromatic heterocycles. The van der Waals surface area contributed by atoms with Crippen LogP contribution in [0.3, 0.4) is 0 Å². The quantitative estimate of drug-likeness (QED) is 0.703. The second-order valence-corrected chi connectivity index (χ2v) is 4.27. The zero-order valence-electron chi connectivity index (χ0n) is 9.35. The molecule has 3 heteroatoms. The summed E-state index contributed by atoms with van der Waals surface area (Å²) in [7, 11) is 0. The third-order valence-corrected chi connectivity index (χ3v) is 2.56. The van der Waals surface area contributed by atoms with Crippen molar-refractivity contribution in [3.8, 4) is 5.75 Å². The minimum atomic E-state index is 0.0396. The lowest BCUT2D eigenvalue weighted by atomic mass is 9.87. The van der Waals surface area contributed by atoms with Gasteiger partial charge in [0.25, 0.3) is 0 Å². The van der Waals surface area contributed by atoms with E-state index >= 15 is 0 Å². The summed E-state index contributed by atoms with van der Waals surface area (Å²) < 4.78 is 0. The van der Waals surface area contributed by atoms with Crippen molar-refractivity contribution >= 4 is 0 Å². The molecule has 0 bridgehead atoms. The first kappa shape index (κ1) is 12.0. The standard InChI is InChI=1S/C12H20N2O/c1-8(13)6-12(9(2)14)10-4-3-5-11(15)7-10/h3-5,7-9,12,15H,6,13-14H2,1-2H3. The third kappa shape index (κ3) is 3.53. The minimum absolute atomic E-state index is 0.0396. The zero-order valence-corrected chi connectivity index (χ0v) is 9.35. The Balaban J connectivity index is 2.88. The molecule has 0 aliphatic heterocycles. The van der Waals surface area contributed by atoms with Gasteiger partial charge in [0.15, 0.2) is 0 Å². The maximum Gasteiger partial charge on any atom is 0.115 e. The predicted octanol–water partition coefficient (Wildman–Crippen LogP) is 1.56. The fourth-order valence-electron chi connectivity index (χ4n) is 1.81. The van der Waals surface area contributed by atoms with Gasteiger partial charge < -0.3 is 16.6 Å². The Labute approximate surface area is 91.1 Å². The van der Waals surface area contributed by atoms with Crippen LogP contribution in [-0.2, 0) is 0 Å². The number of benzene rings is 1. The summed E-state index contributed by atoms with van der Waals surface area (Å²) in [4.78, 5) is 0. The molecule has 0 amide bonds. The van der Waals surface area contributed by atoms with Gasteiger partial charge in [0.1, 0.15) is 5.75 Å². The Hall–Kier alpha value is -1.06. The van der Waals surface area contributed by atoms with Crippen LogP contribution in [0.2, 0.25) is 0 Å². The van der Waals surface area contributed by atoms with Gasteiger partial charge in [0.05, 0.1) is 0 Å². The SMILES string of the molecule is CC(N)CC(c1cccc(O)c1)C(C)N. The van der Waals surface area contributed by atoms with Crippen LogP contribution in [0, 0.1) is 0 Å². The number of aromatic hydroxyl groups is 1. The Bertz CT molecular complexity index is 310. The van der Waals surface area contributed by atoms with Crippen LogP contribution in [-0.4, -0.2) is 17.2 Å². The lowest BCUT2D eigenvalue weighted by molar-refractivity contribution is 0.464. The molecule has 1 aromatic rings. The highest BCUT2D eigenvalue weighted by Crippen LogP contribution is 2.26. The van der Waals surface area contributed by atoms with Crippen molar-refractivity contribution in [3.63, 3.8) is 0 Å². The highest BCUT2D eigenvalue weighted by molar-refractivity contribution is 5.30. The average molecular weight is 208 g/mol. The first-order valence-electron chi connectivity index (χ1n) is 5.30. The average Bonchev–Trinajstić information content (AvgIpc) is 2.13. The summed E-state index contributed by atoms with van der Waals surface area (Å²) in [5.74, 6) is 0.486. The summed E-state index contributed by atoms with van der Waals surface area (Å²) in [6, 6.07) is 7.39. The van der Waals surface area contributed by atoms with Crippen molar-refractivity contribution in [2.45, 2.75) is 38.3 Å². The summed E-state index contributed by atoms with van der Waals surface area (Å²) in [5.41, 5.74) is 12.8. The molecule has 1 aromatic carbocycles. The van der Waals surface area contributed by atoms with Crippen LogP contribution >= 0.6 is 0 Å². The second-order valence-electron chi connectivity index (χ2n) is 4.27. The molecule has 1 rings (SSSR count). The molecule has 0 spiro atoms. The van der Waals surface area contributed by atoms with Crippen LogP contribution in [0.4, 0.5) is 0 Å². The van der Waals surface area contributed by atoms with E-state index in [-0.39, 0.29) is 23.8 Å². The molecule has 0 saturated carbocycles. The van der Waals surface area contributed by atoms with Gasteiger partial charge in [-0.2, -0.15) is 0 Å². The van der Waals surface area contributed by atoms with E-state index in [2.05, 4.69) is 0 Å². The zero-order chi connectivity index (χ0) is 11.4. The van der Waals surface area contributed by atoms with Gasteiger partial charge in [-0.05, 0) is 38.0 Å². The van der Waals surface area contributed by atoms with Gasteiger partial charge in [-0.3, -0.25) is 0 Å². The molecule has 84 valence electrons. The Morgan fingerprint density at radius 1 is 1.27 bits per heavy atom. The van der Waals surface area contributed by atoms with E-state index in [0.717, 1.165) is 12.0 Å². The first-order chi connectivity index (χ1) is 7.00. The molecule has 0 fully saturated rings. The van der Waals surface area contributed by atoms with Gasteiger partial charge in [-0.25, -0.2) is 0 Å². The first-order valence-corrected chi connectivity index (χ1v) is 5.30. The molecule has 5 N–H and O–H groups in total. The molecule has 3 atom stereocenters. The number of phenols is 1. The maximum absolute atomic E-state index is 9.41. The largest absolute Gasteiger partial charge is 0.508 e. The van der Waals surface area contributed by atoms with Crippen molar-refractivity contribution in [3.05, 3.63) is 29.8 Å². The van der Waals surface area contributed by atoms with E-state index in [9.17, 15) is 5.11 Å². The molecule has 15 heavy (non-hydrogen) atoms. The normalized spacial score (nSPS) is 17.1. The fraction of sp³-hybridized carbons (Fsp3) is 0.500. The summed E-state index contributed by atoms with van der Waals surface area (Å²) >= 11 is 0. The van der Waals surface area contributed by atoms with Crippen LogP contribution in [0.5, 0.6) is 5.75 Å². The molecule has 3 nitrogen and oxygen atoms in total. The maximum atomic E-state index is 9.41. The van der Waals surface area contributed by atoms with Gasteiger partial charge >= 0.3 is 0 Å². The van der Waals surface area contributed by atoms with Crippen LogP contribution < -0.4 is 11.5 Å². The number of hydrogen-bond acceptors (Lipinski definition) is 3. The molecule has 0 heterocycles. The molecule has 0 saturated heterocycles. The van der Waals surface area contributed by atoms with Crippen LogP contribution in [0.15, 0.2) is 24.3 Å². The van der Waals surface area contributed by atoms with Gasteiger partial charge in [-0.1, -0.05) is 12.1 Å². The number of nitrogens with two attached hydrogens (primary N) is 2. The Kier molecular flexibility index (Phi) is 4.12. The number of hydrogen-bond donors (Lipinski definition) is 3. The number of phenolic OH excluding ortho intramolecular Hbond substituents is 1. The topological polar surface area (TPSA) is 72.3 Å². The highest BCUT2D eigenvalue weighted by atomic mass is 16.3. The van der Waals surface area contributed by atoms with Crippen LogP contribution in [0.1, 0.15) is 31.7 Å². The molecule has 0 aliphatic carbocycles. The van der Waals surface area contributed by atoms with E-state index in [1.54, 1.807) is 12.1 Å². The monoisotopic (exact) mass is 208 g/mol. The third-order valence-electron chi connectivity index (χ3n) is 2.56. The van der Waals surface area contributed by atoms with Crippen molar-refractivity contribution in [2.24, 2.45) is 11.5 Å². The van der Waals surface area contributed by atoms with Crippen molar-refractivity contribution in [1.82, 2.24) is 0 Å². The fourth-order valence-corrected chi connectivity index (χ4v) is 1.81. The summed E-state index contributed by atoms with van der Waals surface area (Å²) in [6.07, 6.45) is 0.834. The second kappa shape index (κ2) is 5.14.